The Morgan fingerprint density at radius 2 is 1.89 bits per heavy atom. The molecule has 0 aromatic carbocycles. The molecule has 2 aliphatic rings. The number of piperazine rings is 1. The van der Waals surface area contributed by atoms with Gasteiger partial charge < -0.3 is 14.5 Å². The SMILES string of the molecule is C[C@@H]1CN(c2ncnc3c(-c4cc(C#N)n(C)n4)cnc(C4CC4)c23)[C@@H](C)CN1C(=O)OC(C)(C)C. The van der Waals surface area contributed by atoms with Crippen LogP contribution in [0.2, 0.25) is 0 Å². The molecular formula is C26H32N8O2. The van der Waals surface area contributed by atoms with Crippen LogP contribution in [-0.4, -0.2) is 66.5 Å². The van der Waals surface area contributed by atoms with Gasteiger partial charge >= 0.3 is 6.09 Å². The summed E-state index contributed by atoms with van der Waals surface area (Å²) in [5, 5.41) is 14.9. The first-order valence-corrected chi connectivity index (χ1v) is 12.4. The second-order valence-corrected chi connectivity index (χ2v) is 10.9. The van der Waals surface area contributed by atoms with Crippen LogP contribution in [0.4, 0.5) is 10.6 Å². The van der Waals surface area contributed by atoms with E-state index in [1.54, 1.807) is 29.0 Å². The van der Waals surface area contributed by atoms with Crippen molar-refractivity contribution in [1.29, 1.82) is 5.26 Å². The molecule has 1 aliphatic heterocycles. The fourth-order valence-electron chi connectivity index (χ4n) is 4.85. The summed E-state index contributed by atoms with van der Waals surface area (Å²) in [5.41, 5.74) is 3.17. The van der Waals surface area contributed by atoms with Crippen LogP contribution < -0.4 is 4.90 Å². The number of anilines is 1. The minimum Gasteiger partial charge on any atom is -0.444 e. The van der Waals surface area contributed by atoms with Gasteiger partial charge in [0.1, 0.15) is 29.5 Å². The number of rotatable bonds is 3. The fraction of sp³-hybridized carbons (Fsp3) is 0.538. The van der Waals surface area contributed by atoms with Crippen molar-refractivity contribution >= 4 is 22.8 Å². The van der Waals surface area contributed by atoms with E-state index in [0.717, 1.165) is 40.8 Å². The first-order valence-electron chi connectivity index (χ1n) is 12.4. The van der Waals surface area contributed by atoms with Gasteiger partial charge in [0.25, 0.3) is 0 Å². The number of ether oxygens (including phenoxy) is 1. The highest BCUT2D eigenvalue weighted by molar-refractivity contribution is 6.00. The predicted molar refractivity (Wildman–Crippen MR) is 135 cm³/mol. The van der Waals surface area contributed by atoms with E-state index in [9.17, 15) is 10.1 Å². The molecule has 4 heterocycles. The second kappa shape index (κ2) is 8.73. The Balaban J connectivity index is 1.57. The molecule has 2 fully saturated rings. The van der Waals surface area contributed by atoms with Gasteiger partial charge in [0.05, 0.1) is 22.3 Å². The number of fused-ring (bicyclic) bond motifs is 1. The number of hydrogen-bond acceptors (Lipinski definition) is 8. The van der Waals surface area contributed by atoms with E-state index in [1.165, 1.54) is 0 Å². The summed E-state index contributed by atoms with van der Waals surface area (Å²) in [4.78, 5) is 31.2. The topological polar surface area (TPSA) is 113 Å². The zero-order chi connectivity index (χ0) is 25.8. The van der Waals surface area contributed by atoms with Gasteiger partial charge in [-0.15, -0.1) is 0 Å². The second-order valence-electron chi connectivity index (χ2n) is 10.9. The molecule has 10 nitrogen and oxygen atoms in total. The van der Waals surface area contributed by atoms with Crippen molar-refractivity contribution in [3.8, 4) is 17.3 Å². The van der Waals surface area contributed by atoms with Crippen molar-refractivity contribution in [3.63, 3.8) is 0 Å². The van der Waals surface area contributed by atoms with Gasteiger partial charge in [-0.1, -0.05) is 0 Å². The van der Waals surface area contributed by atoms with Crippen molar-refractivity contribution in [2.75, 3.05) is 18.0 Å². The number of aromatic nitrogens is 5. The predicted octanol–water partition coefficient (Wildman–Crippen LogP) is 4.01. The summed E-state index contributed by atoms with van der Waals surface area (Å²) < 4.78 is 7.22. The van der Waals surface area contributed by atoms with Crippen molar-refractivity contribution in [2.24, 2.45) is 7.05 Å². The molecule has 0 radical (unpaired) electrons. The number of aryl methyl sites for hydroxylation is 1. The molecule has 0 unspecified atom stereocenters. The highest BCUT2D eigenvalue weighted by atomic mass is 16.6. The molecule has 0 spiro atoms. The Labute approximate surface area is 210 Å². The number of carbonyl (C=O) groups is 1. The number of nitriles is 1. The maximum atomic E-state index is 12.9. The van der Waals surface area contributed by atoms with Gasteiger partial charge in [0.15, 0.2) is 0 Å². The average molecular weight is 489 g/mol. The van der Waals surface area contributed by atoms with Crippen molar-refractivity contribution in [3.05, 3.63) is 30.0 Å². The quantitative estimate of drug-likeness (QED) is 0.543. The van der Waals surface area contributed by atoms with Crippen LogP contribution in [0.3, 0.4) is 0 Å². The van der Waals surface area contributed by atoms with E-state index in [2.05, 4.69) is 28.0 Å². The molecule has 0 N–H and O–H groups in total. The molecule has 1 saturated heterocycles. The van der Waals surface area contributed by atoms with E-state index in [1.807, 2.05) is 33.9 Å². The van der Waals surface area contributed by atoms with Crippen LogP contribution in [0.1, 0.15) is 64.8 Å². The third-order valence-corrected chi connectivity index (χ3v) is 6.79. The Hall–Kier alpha value is -3.74. The highest BCUT2D eigenvalue weighted by Crippen LogP contribution is 2.45. The molecule has 3 aromatic heterocycles. The van der Waals surface area contributed by atoms with Crippen LogP contribution in [0, 0.1) is 11.3 Å². The first kappa shape index (κ1) is 24.0. The maximum absolute atomic E-state index is 12.9. The summed E-state index contributed by atoms with van der Waals surface area (Å²) in [5.74, 6) is 1.22. The molecular weight excluding hydrogens is 456 g/mol. The third kappa shape index (κ3) is 4.34. The molecule has 3 aromatic rings. The molecule has 188 valence electrons. The zero-order valence-corrected chi connectivity index (χ0v) is 21.7. The molecule has 5 rings (SSSR count). The van der Waals surface area contributed by atoms with Crippen molar-refractivity contribution < 1.29 is 9.53 Å². The Kier molecular flexibility index (Phi) is 5.81. The average Bonchev–Trinajstić information content (AvgIpc) is 3.59. The lowest BCUT2D eigenvalue weighted by Crippen LogP contribution is -2.59. The van der Waals surface area contributed by atoms with E-state index in [-0.39, 0.29) is 18.2 Å². The smallest absolute Gasteiger partial charge is 0.410 e. The number of pyridine rings is 1. The number of carbonyl (C=O) groups excluding carboxylic acids is 1. The molecule has 1 amide bonds. The standard InChI is InChI=1S/C26H32N8O2/c1-15-13-34(25(35)36-26(3,4)5)16(2)12-33(15)24-21-22(17-7-8-17)28-11-19(23(21)29-14-30-24)20-9-18(10-27)32(6)31-20/h9,11,14-17H,7-8,12-13H2,1-6H3/t15-,16+/m0/s1. The minimum atomic E-state index is -0.543. The van der Waals surface area contributed by atoms with E-state index >= 15 is 0 Å². The van der Waals surface area contributed by atoms with Crippen molar-refractivity contribution in [2.45, 2.75) is 71.1 Å². The van der Waals surface area contributed by atoms with Crippen LogP contribution in [0.25, 0.3) is 22.2 Å². The molecule has 0 bridgehead atoms. The normalized spacial score (nSPS) is 20.5. The van der Waals surface area contributed by atoms with E-state index in [4.69, 9.17) is 14.7 Å². The zero-order valence-electron chi connectivity index (χ0n) is 21.7. The van der Waals surface area contributed by atoms with Crippen LogP contribution in [-0.2, 0) is 11.8 Å². The maximum Gasteiger partial charge on any atom is 0.410 e. The molecule has 10 heteroatoms. The lowest BCUT2D eigenvalue weighted by molar-refractivity contribution is 0.0130. The first-order chi connectivity index (χ1) is 17.1. The number of nitrogens with zero attached hydrogens (tertiary/aromatic N) is 8. The monoisotopic (exact) mass is 488 g/mol. The summed E-state index contributed by atoms with van der Waals surface area (Å²) in [7, 11) is 1.75. The van der Waals surface area contributed by atoms with Gasteiger partial charge in [0.2, 0.25) is 0 Å². The largest absolute Gasteiger partial charge is 0.444 e. The van der Waals surface area contributed by atoms with E-state index < -0.39 is 5.60 Å². The number of hydrogen-bond donors (Lipinski definition) is 0. The lowest BCUT2D eigenvalue weighted by Gasteiger charge is -2.45. The Morgan fingerprint density at radius 3 is 2.53 bits per heavy atom. The fourth-order valence-corrected chi connectivity index (χ4v) is 4.85. The minimum absolute atomic E-state index is 0.0163. The Morgan fingerprint density at radius 1 is 1.14 bits per heavy atom. The van der Waals surface area contributed by atoms with Gasteiger partial charge in [-0.05, 0) is 47.5 Å². The van der Waals surface area contributed by atoms with Gasteiger partial charge in [-0.25, -0.2) is 14.8 Å². The van der Waals surface area contributed by atoms with Gasteiger partial charge in [0, 0.05) is 56.0 Å². The highest BCUT2D eigenvalue weighted by Gasteiger charge is 2.37. The van der Waals surface area contributed by atoms with Gasteiger partial charge in [-0.3, -0.25) is 9.67 Å². The lowest BCUT2D eigenvalue weighted by atomic mass is 10.0. The van der Waals surface area contributed by atoms with Crippen LogP contribution in [0.15, 0.2) is 18.6 Å². The molecule has 2 atom stereocenters. The molecule has 1 saturated carbocycles. The molecule has 1 aliphatic carbocycles. The summed E-state index contributed by atoms with van der Waals surface area (Å²) >= 11 is 0. The third-order valence-electron chi connectivity index (χ3n) is 6.79. The van der Waals surface area contributed by atoms with Crippen LogP contribution >= 0.6 is 0 Å². The van der Waals surface area contributed by atoms with Crippen molar-refractivity contribution in [1.82, 2.24) is 29.6 Å². The van der Waals surface area contributed by atoms with Crippen LogP contribution in [0.5, 0.6) is 0 Å². The number of amides is 1. The summed E-state index contributed by atoms with van der Waals surface area (Å²) in [6.45, 7) is 10.9. The summed E-state index contributed by atoms with van der Waals surface area (Å²) in [6, 6.07) is 3.89. The summed E-state index contributed by atoms with van der Waals surface area (Å²) in [6.07, 6.45) is 5.30. The van der Waals surface area contributed by atoms with E-state index in [0.29, 0.717) is 30.4 Å². The molecule has 36 heavy (non-hydrogen) atoms. The van der Waals surface area contributed by atoms with Gasteiger partial charge in [-0.2, -0.15) is 10.4 Å². The Bertz CT molecular complexity index is 1360.